The molecular formula is C15H19FN2O4S. The van der Waals surface area contributed by atoms with Crippen LogP contribution in [0.3, 0.4) is 0 Å². The van der Waals surface area contributed by atoms with Crippen LogP contribution in [-0.4, -0.2) is 43.8 Å². The zero-order valence-electron chi connectivity index (χ0n) is 12.7. The molecule has 2 N–H and O–H groups in total. The molecule has 1 aliphatic heterocycles. The molecular weight excluding hydrogens is 323 g/mol. The van der Waals surface area contributed by atoms with E-state index in [4.69, 9.17) is 0 Å². The summed E-state index contributed by atoms with van der Waals surface area (Å²) in [4.78, 5) is 23.5. The first-order valence-electron chi connectivity index (χ1n) is 7.30. The molecule has 1 saturated heterocycles. The number of halogens is 1. The number of amides is 2. The van der Waals surface area contributed by atoms with Crippen molar-refractivity contribution in [2.75, 3.05) is 12.3 Å². The van der Waals surface area contributed by atoms with Crippen molar-refractivity contribution in [3.8, 4) is 0 Å². The molecule has 2 amide bonds. The predicted octanol–water partition coefficient (Wildman–Crippen LogP) is 0.176. The van der Waals surface area contributed by atoms with E-state index in [0.29, 0.717) is 12.0 Å². The van der Waals surface area contributed by atoms with Gasteiger partial charge < -0.3 is 10.6 Å². The lowest BCUT2D eigenvalue weighted by Crippen LogP contribution is -2.45. The minimum absolute atomic E-state index is 0.0285. The van der Waals surface area contributed by atoms with E-state index in [2.05, 4.69) is 10.6 Å². The quantitative estimate of drug-likeness (QED) is 0.798. The van der Waals surface area contributed by atoms with Gasteiger partial charge in [-0.2, -0.15) is 0 Å². The van der Waals surface area contributed by atoms with Gasteiger partial charge in [-0.05, 0) is 31.0 Å². The maximum Gasteiger partial charge on any atom is 0.239 e. The highest BCUT2D eigenvalue weighted by atomic mass is 32.2. The minimum atomic E-state index is -3.13. The summed E-state index contributed by atoms with van der Waals surface area (Å²) in [5, 5.41) is 4.44. The van der Waals surface area contributed by atoms with Gasteiger partial charge in [-0.3, -0.25) is 9.59 Å². The van der Waals surface area contributed by atoms with Gasteiger partial charge in [-0.1, -0.05) is 12.1 Å². The molecule has 0 saturated carbocycles. The fourth-order valence-electron chi connectivity index (χ4n) is 2.48. The summed E-state index contributed by atoms with van der Waals surface area (Å²) in [6, 6.07) is 5.24. The third kappa shape index (κ3) is 4.75. The first kappa shape index (κ1) is 17.4. The van der Waals surface area contributed by atoms with Gasteiger partial charge >= 0.3 is 0 Å². The molecule has 0 aromatic heterocycles. The standard InChI is InChI=1S/C15H19FN2O4S/c1-10-13(5-6-23(10,21)22)18-15(20)9-17-14(19)8-11-3-2-4-12(16)7-11/h2-4,7,10,13H,5-6,8-9H2,1H3,(H,17,19)(H,18,20)/t10-,13-/m0/s1. The van der Waals surface area contributed by atoms with Gasteiger partial charge in [0.05, 0.1) is 24.0 Å². The van der Waals surface area contributed by atoms with Crippen LogP contribution in [0, 0.1) is 5.82 Å². The lowest BCUT2D eigenvalue weighted by Gasteiger charge is -2.16. The van der Waals surface area contributed by atoms with E-state index >= 15 is 0 Å². The average molecular weight is 342 g/mol. The van der Waals surface area contributed by atoms with Gasteiger partial charge in [-0.25, -0.2) is 12.8 Å². The third-order valence-electron chi connectivity index (χ3n) is 3.89. The summed E-state index contributed by atoms with van der Waals surface area (Å²) in [5.74, 6) is -1.21. The molecule has 1 fully saturated rings. The lowest BCUT2D eigenvalue weighted by atomic mass is 10.1. The second-order valence-corrected chi connectivity index (χ2v) is 8.10. The highest BCUT2D eigenvalue weighted by Gasteiger charge is 2.37. The zero-order valence-corrected chi connectivity index (χ0v) is 13.5. The van der Waals surface area contributed by atoms with Crippen molar-refractivity contribution in [1.29, 1.82) is 0 Å². The van der Waals surface area contributed by atoms with Crippen molar-refractivity contribution >= 4 is 21.7 Å². The summed E-state index contributed by atoms with van der Waals surface area (Å²) >= 11 is 0. The fraction of sp³-hybridized carbons (Fsp3) is 0.467. The molecule has 2 rings (SSSR count). The van der Waals surface area contributed by atoms with E-state index in [0.717, 1.165) is 0 Å². The number of benzene rings is 1. The Morgan fingerprint density at radius 3 is 2.65 bits per heavy atom. The number of rotatable bonds is 5. The fourth-order valence-corrected chi connectivity index (χ4v) is 4.14. The summed E-state index contributed by atoms with van der Waals surface area (Å²) in [7, 11) is -3.13. The Labute approximate surface area is 134 Å². The molecule has 1 aromatic carbocycles. The number of hydrogen-bond donors (Lipinski definition) is 2. The van der Waals surface area contributed by atoms with E-state index in [9.17, 15) is 22.4 Å². The molecule has 0 spiro atoms. The maximum atomic E-state index is 13.0. The molecule has 126 valence electrons. The Hall–Kier alpha value is -1.96. The summed E-state index contributed by atoms with van der Waals surface area (Å²) in [5.41, 5.74) is 0.512. The van der Waals surface area contributed by atoms with Crippen LogP contribution in [0.5, 0.6) is 0 Å². The molecule has 0 aliphatic carbocycles. The van der Waals surface area contributed by atoms with Gasteiger partial charge in [0.25, 0.3) is 0 Å². The second-order valence-electron chi connectivity index (χ2n) is 5.62. The van der Waals surface area contributed by atoms with Gasteiger partial charge in [0.1, 0.15) is 5.82 Å². The summed E-state index contributed by atoms with van der Waals surface area (Å²) in [6.45, 7) is 1.33. The van der Waals surface area contributed by atoms with Crippen LogP contribution >= 0.6 is 0 Å². The average Bonchev–Trinajstić information content (AvgIpc) is 2.72. The molecule has 0 radical (unpaired) electrons. The van der Waals surface area contributed by atoms with Crippen LogP contribution in [0.1, 0.15) is 18.9 Å². The van der Waals surface area contributed by atoms with E-state index in [1.807, 2.05) is 0 Å². The second kappa shape index (κ2) is 7.08. The first-order chi connectivity index (χ1) is 10.8. The van der Waals surface area contributed by atoms with Crippen LogP contribution in [-0.2, 0) is 25.8 Å². The minimum Gasteiger partial charge on any atom is -0.351 e. The van der Waals surface area contributed by atoms with Crippen LogP contribution in [0.25, 0.3) is 0 Å². The van der Waals surface area contributed by atoms with Crippen molar-refractivity contribution in [3.63, 3.8) is 0 Å². The van der Waals surface area contributed by atoms with E-state index < -0.39 is 38.8 Å². The summed E-state index contributed by atoms with van der Waals surface area (Å²) < 4.78 is 36.2. The number of sulfone groups is 1. The normalized spacial score (nSPS) is 22.5. The SMILES string of the molecule is C[C@H]1[C@@H](NC(=O)CNC(=O)Cc2cccc(F)c2)CCS1(=O)=O. The maximum absolute atomic E-state index is 13.0. The summed E-state index contributed by atoms with van der Waals surface area (Å²) in [6.07, 6.45) is 0.353. The van der Waals surface area contributed by atoms with Crippen LogP contribution in [0.2, 0.25) is 0 Å². The van der Waals surface area contributed by atoms with Crippen LogP contribution in [0.4, 0.5) is 4.39 Å². The van der Waals surface area contributed by atoms with Crippen molar-refractivity contribution in [2.24, 2.45) is 0 Å². The third-order valence-corrected chi connectivity index (χ3v) is 6.16. The van der Waals surface area contributed by atoms with E-state index in [-0.39, 0.29) is 18.7 Å². The number of carbonyl (C=O) groups is 2. The first-order valence-corrected chi connectivity index (χ1v) is 9.01. The Morgan fingerprint density at radius 1 is 1.30 bits per heavy atom. The van der Waals surface area contributed by atoms with Gasteiger partial charge in [0.2, 0.25) is 11.8 Å². The Morgan fingerprint density at radius 2 is 2.04 bits per heavy atom. The smallest absolute Gasteiger partial charge is 0.239 e. The monoisotopic (exact) mass is 342 g/mol. The highest BCUT2D eigenvalue weighted by Crippen LogP contribution is 2.19. The van der Waals surface area contributed by atoms with Gasteiger partial charge in [0.15, 0.2) is 9.84 Å². The lowest BCUT2D eigenvalue weighted by molar-refractivity contribution is -0.126. The molecule has 8 heteroatoms. The van der Waals surface area contributed by atoms with Gasteiger partial charge in [0, 0.05) is 6.04 Å². The number of nitrogens with one attached hydrogen (secondary N) is 2. The van der Waals surface area contributed by atoms with E-state index in [1.165, 1.54) is 18.2 Å². The molecule has 0 unspecified atom stereocenters. The molecule has 23 heavy (non-hydrogen) atoms. The number of hydrogen-bond acceptors (Lipinski definition) is 4. The molecule has 1 aromatic rings. The van der Waals surface area contributed by atoms with Crippen molar-refractivity contribution in [3.05, 3.63) is 35.6 Å². The van der Waals surface area contributed by atoms with Crippen molar-refractivity contribution in [2.45, 2.75) is 31.1 Å². The molecule has 1 aliphatic rings. The van der Waals surface area contributed by atoms with Crippen LogP contribution < -0.4 is 10.6 Å². The Bertz CT molecular complexity index is 705. The zero-order chi connectivity index (χ0) is 17.0. The van der Waals surface area contributed by atoms with E-state index in [1.54, 1.807) is 13.0 Å². The predicted molar refractivity (Wildman–Crippen MR) is 82.9 cm³/mol. The Kier molecular flexibility index (Phi) is 5.35. The molecule has 2 atom stereocenters. The van der Waals surface area contributed by atoms with Crippen molar-refractivity contribution < 1.29 is 22.4 Å². The highest BCUT2D eigenvalue weighted by molar-refractivity contribution is 7.92. The Balaban J connectivity index is 1.77. The molecule has 6 nitrogen and oxygen atoms in total. The molecule has 0 bridgehead atoms. The van der Waals surface area contributed by atoms with Crippen LogP contribution in [0.15, 0.2) is 24.3 Å². The topological polar surface area (TPSA) is 92.3 Å². The van der Waals surface area contributed by atoms with Gasteiger partial charge in [-0.15, -0.1) is 0 Å². The van der Waals surface area contributed by atoms with Crippen molar-refractivity contribution in [1.82, 2.24) is 10.6 Å². The number of carbonyl (C=O) groups excluding carboxylic acids is 2. The molecule has 1 heterocycles. The largest absolute Gasteiger partial charge is 0.351 e.